The lowest BCUT2D eigenvalue weighted by Gasteiger charge is -2.22. The molecule has 2 heterocycles. The molecule has 0 aliphatic carbocycles. The summed E-state index contributed by atoms with van der Waals surface area (Å²) in [4.78, 5) is 34.6. The van der Waals surface area contributed by atoms with Crippen LogP contribution in [0, 0.1) is 0 Å². The van der Waals surface area contributed by atoms with Crippen molar-refractivity contribution in [1.82, 2.24) is 10.6 Å². The van der Waals surface area contributed by atoms with Crippen molar-refractivity contribution in [3.8, 4) is 0 Å². The molecule has 7 heteroatoms. The molecule has 106 valence electrons. The molecule has 20 heavy (non-hydrogen) atoms. The highest BCUT2D eigenvalue weighted by Crippen LogP contribution is 2.19. The molecule has 1 aliphatic rings. The molecule has 2 amide bonds. The van der Waals surface area contributed by atoms with E-state index in [1.165, 1.54) is 17.4 Å². The second kappa shape index (κ2) is 6.33. The van der Waals surface area contributed by atoms with Gasteiger partial charge in [-0.15, -0.1) is 11.3 Å². The molecule has 1 saturated heterocycles. The molecule has 2 rings (SSSR count). The maximum absolute atomic E-state index is 12.1. The topological polar surface area (TPSA) is 95.5 Å². The summed E-state index contributed by atoms with van der Waals surface area (Å²) in [5.74, 6) is -1.61. The number of carbonyl (C=O) groups is 3. The third-order valence-corrected chi connectivity index (χ3v) is 3.83. The minimum Gasteiger partial charge on any atom is -0.478 e. The molecule has 1 aromatic heterocycles. The van der Waals surface area contributed by atoms with Gasteiger partial charge < -0.3 is 15.7 Å². The quantitative estimate of drug-likeness (QED) is 0.718. The van der Waals surface area contributed by atoms with Crippen LogP contribution in [0.4, 0.5) is 0 Å². The monoisotopic (exact) mass is 294 g/mol. The van der Waals surface area contributed by atoms with Crippen LogP contribution in [0.3, 0.4) is 0 Å². The molecular formula is C13H14N2O4S. The van der Waals surface area contributed by atoms with Gasteiger partial charge in [-0.1, -0.05) is 0 Å². The Hall–Kier alpha value is -2.15. The summed E-state index contributed by atoms with van der Waals surface area (Å²) in [6.45, 7) is 0.636. The van der Waals surface area contributed by atoms with Crippen LogP contribution in [-0.4, -0.2) is 35.5 Å². The van der Waals surface area contributed by atoms with Crippen LogP contribution < -0.4 is 10.6 Å². The molecule has 0 saturated carbocycles. The first-order valence-corrected chi connectivity index (χ1v) is 7.03. The van der Waals surface area contributed by atoms with E-state index in [9.17, 15) is 14.4 Å². The van der Waals surface area contributed by atoms with Crippen molar-refractivity contribution in [3.05, 3.63) is 28.0 Å². The standard InChI is InChI=1S/C13H14N2O4S/c16-10(17)4-3-8-5-7-20-11(8)13(19)15-9-2-1-6-14-12(9)18/h3-5,7,9H,1-2,6H2,(H,14,18)(H,15,19)(H,16,17). The van der Waals surface area contributed by atoms with Crippen molar-refractivity contribution in [2.45, 2.75) is 18.9 Å². The molecule has 1 aromatic rings. The Bertz CT molecular complexity index is 564. The Kier molecular flexibility index (Phi) is 4.52. The molecule has 0 radical (unpaired) electrons. The SMILES string of the molecule is O=C(O)C=Cc1ccsc1C(=O)NC1CCCNC1=O. The second-order valence-electron chi connectivity index (χ2n) is 4.34. The number of carbonyl (C=O) groups excluding carboxylic acids is 2. The van der Waals surface area contributed by atoms with Crippen molar-refractivity contribution >= 4 is 35.2 Å². The van der Waals surface area contributed by atoms with E-state index in [2.05, 4.69) is 10.6 Å². The van der Waals surface area contributed by atoms with Crippen LogP contribution >= 0.6 is 11.3 Å². The van der Waals surface area contributed by atoms with Crippen molar-refractivity contribution in [3.63, 3.8) is 0 Å². The number of hydrogen-bond donors (Lipinski definition) is 3. The van der Waals surface area contributed by atoms with E-state index >= 15 is 0 Å². The zero-order chi connectivity index (χ0) is 14.5. The largest absolute Gasteiger partial charge is 0.478 e. The molecule has 1 fully saturated rings. The van der Waals surface area contributed by atoms with E-state index in [0.29, 0.717) is 23.4 Å². The van der Waals surface area contributed by atoms with Crippen molar-refractivity contribution in [1.29, 1.82) is 0 Å². The number of carboxylic acids is 1. The highest BCUT2D eigenvalue weighted by atomic mass is 32.1. The van der Waals surface area contributed by atoms with Crippen molar-refractivity contribution < 1.29 is 19.5 Å². The van der Waals surface area contributed by atoms with Gasteiger partial charge >= 0.3 is 5.97 Å². The fourth-order valence-corrected chi connectivity index (χ4v) is 2.72. The van der Waals surface area contributed by atoms with Crippen LogP contribution in [0.25, 0.3) is 6.08 Å². The number of nitrogens with one attached hydrogen (secondary N) is 2. The Morgan fingerprint density at radius 3 is 3.00 bits per heavy atom. The molecule has 3 N–H and O–H groups in total. The number of hydrogen-bond acceptors (Lipinski definition) is 4. The highest BCUT2D eigenvalue weighted by molar-refractivity contribution is 7.12. The molecule has 1 aliphatic heterocycles. The predicted octanol–water partition coefficient (Wildman–Crippen LogP) is 0.854. The summed E-state index contributed by atoms with van der Waals surface area (Å²) >= 11 is 1.21. The fourth-order valence-electron chi connectivity index (χ4n) is 1.93. The molecule has 0 spiro atoms. The summed E-state index contributed by atoms with van der Waals surface area (Å²) in [5.41, 5.74) is 0.533. The third-order valence-electron chi connectivity index (χ3n) is 2.90. The van der Waals surface area contributed by atoms with Gasteiger partial charge in [-0.25, -0.2) is 4.79 Å². The van der Waals surface area contributed by atoms with Gasteiger partial charge in [0.15, 0.2) is 0 Å². The van der Waals surface area contributed by atoms with E-state index in [1.54, 1.807) is 11.4 Å². The van der Waals surface area contributed by atoms with Crippen molar-refractivity contribution in [2.75, 3.05) is 6.54 Å². The predicted molar refractivity (Wildman–Crippen MR) is 74.5 cm³/mol. The Morgan fingerprint density at radius 1 is 1.50 bits per heavy atom. The van der Waals surface area contributed by atoms with Crippen LogP contribution in [0.2, 0.25) is 0 Å². The average Bonchev–Trinajstić information content (AvgIpc) is 2.87. The molecular weight excluding hydrogens is 280 g/mol. The normalized spacial score (nSPS) is 18.8. The highest BCUT2D eigenvalue weighted by Gasteiger charge is 2.25. The lowest BCUT2D eigenvalue weighted by atomic mass is 10.1. The smallest absolute Gasteiger partial charge is 0.328 e. The molecule has 1 unspecified atom stereocenters. The van der Waals surface area contributed by atoms with E-state index in [1.807, 2.05) is 0 Å². The van der Waals surface area contributed by atoms with Gasteiger partial charge in [-0.2, -0.15) is 0 Å². The van der Waals surface area contributed by atoms with Gasteiger partial charge in [0.05, 0.1) is 4.88 Å². The molecule has 0 aromatic carbocycles. The van der Waals surface area contributed by atoms with E-state index in [4.69, 9.17) is 5.11 Å². The van der Waals surface area contributed by atoms with Gasteiger partial charge in [-0.3, -0.25) is 9.59 Å². The number of piperidine rings is 1. The minimum atomic E-state index is -1.07. The Balaban J connectivity index is 2.07. The molecule has 6 nitrogen and oxygen atoms in total. The van der Waals surface area contributed by atoms with Gasteiger partial charge in [-0.05, 0) is 35.9 Å². The maximum atomic E-state index is 12.1. The summed E-state index contributed by atoms with van der Waals surface area (Å²) < 4.78 is 0. The second-order valence-corrected chi connectivity index (χ2v) is 5.25. The lowest BCUT2D eigenvalue weighted by molar-refractivity contribution is -0.131. The summed E-state index contributed by atoms with van der Waals surface area (Å²) in [7, 11) is 0. The first kappa shape index (κ1) is 14.3. The first-order chi connectivity index (χ1) is 9.58. The number of aliphatic carboxylic acids is 1. The number of rotatable bonds is 4. The van der Waals surface area contributed by atoms with Crippen molar-refractivity contribution in [2.24, 2.45) is 0 Å². The van der Waals surface area contributed by atoms with E-state index in [-0.39, 0.29) is 11.8 Å². The number of carboxylic acid groups (broad SMARTS) is 1. The summed E-state index contributed by atoms with van der Waals surface area (Å²) in [6.07, 6.45) is 3.79. The fraction of sp³-hybridized carbons (Fsp3) is 0.308. The molecule has 0 bridgehead atoms. The summed E-state index contributed by atoms with van der Waals surface area (Å²) in [6, 6.07) is 1.15. The number of amides is 2. The van der Waals surface area contributed by atoms with Crippen LogP contribution in [-0.2, 0) is 9.59 Å². The maximum Gasteiger partial charge on any atom is 0.328 e. The average molecular weight is 294 g/mol. The van der Waals surface area contributed by atoms with Crippen LogP contribution in [0.15, 0.2) is 17.5 Å². The zero-order valence-electron chi connectivity index (χ0n) is 10.6. The third kappa shape index (κ3) is 3.45. The van der Waals surface area contributed by atoms with Gasteiger partial charge in [0, 0.05) is 12.6 Å². The first-order valence-electron chi connectivity index (χ1n) is 6.15. The Labute approximate surface area is 119 Å². The zero-order valence-corrected chi connectivity index (χ0v) is 11.4. The Morgan fingerprint density at radius 2 is 2.30 bits per heavy atom. The van der Waals surface area contributed by atoms with E-state index in [0.717, 1.165) is 12.5 Å². The van der Waals surface area contributed by atoms with Crippen LogP contribution in [0.1, 0.15) is 28.1 Å². The summed E-state index contributed by atoms with van der Waals surface area (Å²) in [5, 5.41) is 15.7. The van der Waals surface area contributed by atoms with Gasteiger partial charge in [0.1, 0.15) is 6.04 Å². The van der Waals surface area contributed by atoms with E-state index < -0.39 is 12.0 Å². The molecule has 1 atom stereocenters. The number of thiophene rings is 1. The van der Waals surface area contributed by atoms with Crippen LogP contribution in [0.5, 0.6) is 0 Å². The lowest BCUT2D eigenvalue weighted by Crippen LogP contribution is -2.50. The minimum absolute atomic E-state index is 0.177. The van der Waals surface area contributed by atoms with Gasteiger partial charge in [0.25, 0.3) is 5.91 Å². The van der Waals surface area contributed by atoms with Gasteiger partial charge in [0.2, 0.25) is 5.91 Å².